The standard InChI is InChI=1S/C25H18F2N2O4/c1-32-16-11-9-15(10-12-16)22-13-18(17-5-2-3-8-21(17)28-22)25(31)33-14-23(30)29-24-19(26)6-4-7-20(24)27/h2-13H,14H2,1H3,(H,29,30). The van der Waals surface area contributed by atoms with Gasteiger partial charge in [0.25, 0.3) is 5.91 Å². The maximum atomic E-state index is 13.7. The number of hydrogen-bond acceptors (Lipinski definition) is 5. The molecule has 8 heteroatoms. The number of pyridine rings is 1. The third kappa shape index (κ3) is 4.79. The zero-order valence-corrected chi connectivity index (χ0v) is 17.5. The molecule has 0 saturated carbocycles. The third-order valence-electron chi connectivity index (χ3n) is 4.88. The largest absolute Gasteiger partial charge is 0.497 e. The van der Waals surface area contributed by atoms with Crippen LogP contribution in [0.25, 0.3) is 22.2 Å². The molecule has 0 aliphatic heterocycles. The van der Waals surface area contributed by atoms with Crippen LogP contribution in [0.4, 0.5) is 14.5 Å². The van der Waals surface area contributed by atoms with Crippen LogP contribution in [0.2, 0.25) is 0 Å². The van der Waals surface area contributed by atoms with Crippen LogP contribution in [0, 0.1) is 11.6 Å². The number of amides is 1. The Morgan fingerprint density at radius 3 is 2.33 bits per heavy atom. The molecule has 0 fully saturated rings. The van der Waals surface area contributed by atoms with Crippen molar-refractivity contribution in [3.8, 4) is 17.0 Å². The number of rotatable bonds is 6. The van der Waals surface area contributed by atoms with Crippen molar-refractivity contribution in [3.63, 3.8) is 0 Å². The molecule has 0 atom stereocenters. The minimum absolute atomic E-state index is 0.205. The van der Waals surface area contributed by atoms with Gasteiger partial charge in [-0.2, -0.15) is 0 Å². The molecule has 1 aromatic heterocycles. The third-order valence-corrected chi connectivity index (χ3v) is 4.88. The van der Waals surface area contributed by atoms with Crippen molar-refractivity contribution in [2.45, 2.75) is 0 Å². The van der Waals surface area contributed by atoms with Gasteiger partial charge in [0, 0.05) is 10.9 Å². The average molecular weight is 448 g/mol. The highest BCUT2D eigenvalue weighted by atomic mass is 19.1. The molecule has 6 nitrogen and oxygen atoms in total. The van der Waals surface area contributed by atoms with Crippen molar-refractivity contribution < 1.29 is 27.8 Å². The molecule has 1 amide bonds. The minimum atomic E-state index is -0.932. The van der Waals surface area contributed by atoms with Gasteiger partial charge in [-0.1, -0.05) is 24.3 Å². The second-order valence-electron chi connectivity index (χ2n) is 7.02. The Kier molecular flexibility index (Phi) is 6.26. The SMILES string of the molecule is COc1ccc(-c2cc(C(=O)OCC(=O)Nc3c(F)cccc3F)c3ccccc3n2)cc1. The van der Waals surface area contributed by atoms with Crippen molar-refractivity contribution in [1.29, 1.82) is 0 Å². The van der Waals surface area contributed by atoms with Gasteiger partial charge >= 0.3 is 5.97 Å². The first-order valence-electron chi connectivity index (χ1n) is 9.91. The normalized spacial score (nSPS) is 10.6. The van der Waals surface area contributed by atoms with Gasteiger partial charge in [-0.25, -0.2) is 18.6 Å². The van der Waals surface area contributed by atoms with Gasteiger partial charge in [0.1, 0.15) is 23.1 Å². The van der Waals surface area contributed by atoms with Gasteiger partial charge < -0.3 is 14.8 Å². The first-order chi connectivity index (χ1) is 16.0. The van der Waals surface area contributed by atoms with Crippen LogP contribution in [0.1, 0.15) is 10.4 Å². The fourth-order valence-corrected chi connectivity index (χ4v) is 3.26. The smallest absolute Gasteiger partial charge is 0.339 e. The number of halogens is 2. The van der Waals surface area contributed by atoms with E-state index in [0.717, 1.165) is 17.7 Å². The molecule has 0 saturated heterocycles. The molecule has 4 aromatic rings. The Morgan fingerprint density at radius 1 is 0.939 bits per heavy atom. The topological polar surface area (TPSA) is 77.5 Å². The number of anilines is 1. The predicted octanol–water partition coefficient (Wildman–Crippen LogP) is 4.98. The van der Waals surface area contributed by atoms with Gasteiger partial charge in [-0.05, 0) is 48.5 Å². The number of para-hydroxylation sites is 2. The maximum absolute atomic E-state index is 13.7. The Bertz CT molecular complexity index is 1320. The summed E-state index contributed by atoms with van der Waals surface area (Å²) in [5.41, 5.74) is 1.45. The van der Waals surface area contributed by atoms with E-state index in [-0.39, 0.29) is 5.56 Å². The van der Waals surface area contributed by atoms with E-state index in [1.54, 1.807) is 61.7 Å². The van der Waals surface area contributed by atoms with Crippen LogP contribution >= 0.6 is 0 Å². The number of nitrogens with zero attached hydrogens (tertiary/aromatic N) is 1. The molecule has 166 valence electrons. The lowest BCUT2D eigenvalue weighted by molar-refractivity contribution is -0.119. The highest BCUT2D eigenvalue weighted by Gasteiger charge is 2.18. The molecule has 3 aromatic carbocycles. The number of carbonyl (C=O) groups is 2. The lowest BCUT2D eigenvalue weighted by atomic mass is 10.0. The van der Waals surface area contributed by atoms with Gasteiger partial charge in [0.2, 0.25) is 0 Å². The molecule has 0 unspecified atom stereocenters. The average Bonchev–Trinajstić information content (AvgIpc) is 2.84. The molecule has 1 heterocycles. The maximum Gasteiger partial charge on any atom is 0.339 e. The van der Waals surface area contributed by atoms with E-state index in [9.17, 15) is 18.4 Å². The molecule has 1 N–H and O–H groups in total. The molecule has 0 spiro atoms. The summed E-state index contributed by atoms with van der Waals surface area (Å²) in [6, 6.07) is 18.9. The lowest BCUT2D eigenvalue weighted by Gasteiger charge is -2.11. The summed E-state index contributed by atoms with van der Waals surface area (Å²) in [6.45, 7) is -0.721. The van der Waals surface area contributed by atoms with Crippen molar-refractivity contribution >= 4 is 28.5 Å². The van der Waals surface area contributed by atoms with E-state index in [4.69, 9.17) is 9.47 Å². The molecule has 33 heavy (non-hydrogen) atoms. The summed E-state index contributed by atoms with van der Waals surface area (Å²) in [5, 5.41) is 2.62. The lowest BCUT2D eigenvalue weighted by Crippen LogP contribution is -2.22. The van der Waals surface area contributed by atoms with Gasteiger partial charge in [0.15, 0.2) is 6.61 Å². The Balaban J connectivity index is 1.57. The summed E-state index contributed by atoms with van der Waals surface area (Å²) >= 11 is 0. The molecule has 0 aliphatic carbocycles. The van der Waals surface area contributed by atoms with Gasteiger partial charge in [-0.15, -0.1) is 0 Å². The highest BCUT2D eigenvalue weighted by Crippen LogP contribution is 2.27. The molecule has 0 radical (unpaired) electrons. The quantitative estimate of drug-likeness (QED) is 0.421. The van der Waals surface area contributed by atoms with E-state index in [1.165, 1.54) is 6.07 Å². The number of carbonyl (C=O) groups excluding carboxylic acids is 2. The number of methoxy groups -OCH3 is 1. The number of fused-ring (bicyclic) bond motifs is 1. The van der Waals surface area contributed by atoms with Crippen molar-refractivity contribution in [3.05, 3.63) is 90.0 Å². The fourth-order valence-electron chi connectivity index (χ4n) is 3.26. The summed E-state index contributed by atoms with van der Waals surface area (Å²) in [6.07, 6.45) is 0. The van der Waals surface area contributed by atoms with E-state index < -0.39 is 35.8 Å². The Hall–Kier alpha value is -4.33. The van der Waals surface area contributed by atoms with Crippen LogP contribution in [0.5, 0.6) is 5.75 Å². The molecule has 4 rings (SSSR count). The Labute approximate surface area is 187 Å². The van der Waals surface area contributed by atoms with Gasteiger partial charge in [-0.3, -0.25) is 4.79 Å². The summed E-state index contributed by atoms with van der Waals surface area (Å²) in [7, 11) is 1.56. The number of esters is 1. The number of aromatic nitrogens is 1. The van der Waals surface area contributed by atoms with Crippen LogP contribution in [-0.4, -0.2) is 30.6 Å². The predicted molar refractivity (Wildman–Crippen MR) is 119 cm³/mol. The fraction of sp³-hybridized carbons (Fsp3) is 0.0800. The molecule has 0 bridgehead atoms. The van der Waals surface area contributed by atoms with Crippen molar-refractivity contribution in [2.75, 3.05) is 19.0 Å². The van der Waals surface area contributed by atoms with Gasteiger partial charge in [0.05, 0.1) is 23.9 Å². The van der Waals surface area contributed by atoms with Crippen LogP contribution in [-0.2, 0) is 9.53 Å². The number of ether oxygens (including phenoxy) is 2. The van der Waals surface area contributed by atoms with Crippen LogP contribution in [0.15, 0.2) is 72.8 Å². The summed E-state index contributed by atoms with van der Waals surface area (Å²) < 4.78 is 37.8. The zero-order chi connectivity index (χ0) is 23.4. The second kappa shape index (κ2) is 9.44. The summed E-state index contributed by atoms with van der Waals surface area (Å²) in [5.74, 6) is -2.83. The Morgan fingerprint density at radius 2 is 1.64 bits per heavy atom. The summed E-state index contributed by atoms with van der Waals surface area (Å²) in [4.78, 5) is 29.6. The highest BCUT2D eigenvalue weighted by molar-refractivity contribution is 6.05. The van der Waals surface area contributed by atoms with Crippen LogP contribution < -0.4 is 10.1 Å². The zero-order valence-electron chi connectivity index (χ0n) is 17.5. The van der Waals surface area contributed by atoms with E-state index in [2.05, 4.69) is 10.3 Å². The number of benzene rings is 3. The van der Waals surface area contributed by atoms with E-state index in [0.29, 0.717) is 22.3 Å². The van der Waals surface area contributed by atoms with E-state index in [1.807, 2.05) is 0 Å². The van der Waals surface area contributed by atoms with Crippen molar-refractivity contribution in [1.82, 2.24) is 4.98 Å². The van der Waals surface area contributed by atoms with Crippen molar-refractivity contribution in [2.24, 2.45) is 0 Å². The first kappa shape index (κ1) is 21.9. The number of nitrogens with one attached hydrogen (secondary N) is 1. The number of hydrogen-bond donors (Lipinski definition) is 1. The monoisotopic (exact) mass is 448 g/mol. The first-order valence-corrected chi connectivity index (χ1v) is 9.91. The minimum Gasteiger partial charge on any atom is -0.497 e. The van der Waals surface area contributed by atoms with Crippen LogP contribution in [0.3, 0.4) is 0 Å². The second-order valence-corrected chi connectivity index (χ2v) is 7.02. The molecule has 0 aliphatic rings. The molecular formula is C25H18F2N2O4. The molecular weight excluding hydrogens is 430 g/mol. The van der Waals surface area contributed by atoms with E-state index >= 15 is 0 Å².